The van der Waals surface area contributed by atoms with Crippen molar-refractivity contribution in [2.45, 2.75) is 4.90 Å². The summed E-state index contributed by atoms with van der Waals surface area (Å²) < 4.78 is 27.2. The Balaban J connectivity index is 1.48. The topological polar surface area (TPSA) is 130 Å². The minimum atomic E-state index is -4.11. The number of sulfonamides is 1. The van der Waals surface area contributed by atoms with Crippen molar-refractivity contribution < 1.29 is 22.9 Å². The Bertz CT molecular complexity index is 1370. The second kappa shape index (κ2) is 10.0. The molecule has 1 aliphatic heterocycles. The first-order valence-corrected chi connectivity index (χ1v) is 12.2. The van der Waals surface area contributed by atoms with E-state index in [2.05, 4.69) is 5.32 Å². The van der Waals surface area contributed by atoms with Gasteiger partial charge in [0.1, 0.15) is 0 Å². The molecule has 0 atom stereocenters. The van der Waals surface area contributed by atoms with Crippen LogP contribution in [0.5, 0.6) is 0 Å². The van der Waals surface area contributed by atoms with Gasteiger partial charge in [-0.15, -0.1) is 0 Å². The Morgan fingerprint density at radius 3 is 2.11 bits per heavy atom. The van der Waals surface area contributed by atoms with Gasteiger partial charge < -0.3 is 10.2 Å². The molecule has 1 aliphatic rings. The van der Waals surface area contributed by atoms with Crippen LogP contribution in [0.15, 0.2) is 83.8 Å². The van der Waals surface area contributed by atoms with Crippen molar-refractivity contribution in [1.29, 1.82) is 0 Å². The zero-order chi connectivity index (χ0) is 25.0. The molecule has 4 rings (SSSR count). The Labute approximate surface area is 202 Å². The van der Waals surface area contributed by atoms with Crippen molar-refractivity contribution in [3.63, 3.8) is 0 Å². The van der Waals surface area contributed by atoms with Crippen LogP contribution in [0.1, 0.15) is 20.7 Å². The first-order chi connectivity index (χ1) is 16.8. The van der Waals surface area contributed by atoms with Gasteiger partial charge in [0.05, 0.1) is 16.2 Å². The molecular formula is C24H22N4O6S. The molecule has 3 aromatic rings. The van der Waals surface area contributed by atoms with Gasteiger partial charge in [-0.3, -0.25) is 19.7 Å². The number of benzene rings is 3. The fourth-order valence-electron chi connectivity index (χ4n) is 3.83. The Morgan fingerprint density at radius 1 is 0.829 bits per heavy atom. The van der Waals surface area contributed by atoms with Crippen LogP contribution in [0.2, 0.25) is 0 Å². The third-order valence-electron chi connectivity index (χ3n) is 5.65. The van der Waals surface area contributed by atoms with E-state index in [0.717, 1.165) is 10.4 Å². The van der Waals surface area contributed by atoms with E-state index in [1.54, 1.807) is 54.6 Å². The fraction of sp³-hybridized carbons (Fsp3) is 0.167. The van der Waals surface area contributed by atoms with E-state index < -0.39 is 20.6 Å². The Morgan fingerprint density at radius 2 is 1.43 bits per heavy atom. The van der Waals surface area contributed by atoms with E-state index in [0.29, 0.717) is 11.3 Å². The van der Waals surface area contributed by atoms with Crippen LogP contribution in [0.4, 0.5) is 11.4 Å². The molecule has 1 fully saturated rings. The van der Waals surface area contributed by atoms with Crippen LogP contribution in [0.3, 0.4) is 0 Å². The number of carbonyl (C=O) groups is 2. The first-order valence-electron chi connectivity index (χ1n) is 10.8. The molecule has 1 N–H and O–H groups in total. The van der Waals surface area contributed by atoms with Gasteiger partial charge in [-0.25, -0.2) is 8.42 Å². The number of nitro benzene ring substituents is 1. The average molecular weight is 495 g/mol. The number of amides is 2. The summed E-state index contributed by atoms with van der Waals surface area (Å²) in [5, 5.41) is 14.0. The lowest BCUT2D eigenvalue weighted by Crippen LogP contribution is -2.50. The number of hydrogen-bond donors (Lipinski definition) is 1. The molecule has 0 aromatic heterocycles. The number of nitrogens with one attached hydrogen (secondary N) is 1. The number of nitro groups is 1. The molecule has 11 heteroatoms. The van der Waals surface area contributed by atoms with E-state index in [1.807, 2.05) is 0 Å². The summed E-state index contributed by atoms with van der Waals surface area (Å²) in [6.07, 6.45) is 0. The van der Waals surface area contributed by atoms with E-state index in [4.69, 9.17) is 0 Å². The minimum Gasteiger partial charge on any atom is -0.336 e. The normalized spacial score (nSPS) is 14.3. The molecule has 0 saturated carbocycles. The SMILES string of the molecule is O=C(Nc1ccccc1C(=O)N1CCN(S(=O)(=O)c2ccccc2[N+](=O)[O-])CC1)c1ccccc1. The van der Waals surface area contributed by atoms with Gasteiger partial charge in [0.15, 0.2) is 4.90 Å². The molecule has 10 nitrogen and oxygen atoms in total. The molecule has 0 aliphatic carbocycles. The third kappa shape index (κ3) is 5.05. The standard InChI is InChI=1S/C24H22N4O6S/c29-23(18-8-2-1-3-9-18)25-20-11-5-4-10-19(20)24(30)26-14-16-27(17-15-26)35(33,34)22-13-7-6-12-21(22)28(31)32/h1-13H,14-17H2,(H,25,29). The number of carbonyl (C=O) groups excluding carboxylic acids is 2. The van der Waals surface area contributed by atoms with Crippen molar-refractivity contribution in [2.24, 2.45) is 0 Å². The second-order valence-electron chi connectivity index (χ2n) is 7.79. The van der Waals surface area contributed by atoms with Crippen LogP contribution >= 0.6 is 0 Å². The van der Waals surface area contributed by atoms with Gasteiger partial charge in [-0.2, -0.15) is 4.31 Å². The van der Waals surface area contributed by atoms with Crippen LogP contribution in [0, 0.1) is 10.1 Å². The number of piperazine rings is 1. The van der Waals surface area contributed by atoms with Crippen LogP contribution in [0.25, 0.3) is 0 Å². The van der Waals surface area contributed by atoms with Crippen molar-refractivity contribution in [3.05, 3.63) is 100 Å². The number of rotatable bonds is 6. The lowest BCUT2D eigenvalue weighted by Gasteiger charge is -2.34. The van der Waals surface area contributed by atoms with Crippen LogP contribution in [-0.4, -0.2) is 60.5 Å². The number of para-hydroxylation sites is 2. The van der Waals surface area contributed by atoms with Crippen molar-refractivity contribution in [3.8, 4) is 0 Å². The van der Waals surface area contributed by atoms with Gasteiger partial charge >= 0.3 is 0 Å². The van der Waals surface area contributed by atoms with Gasteiger partial charge in [-0.1, -0.05) is 42.5 Å². The number of hydrogen-bond acceptors (Lipinski definition) is 6. The van der Waals surface area contributed by atoms with Crippen LogP contribution < -0.4 is 5.32 Å². The highest BCUT2D eigenvalue weighted by Crippen LogP contribution is 2.27. The Hall–Kier alpha value is -4.09. The number of anilines is 1. The fourth-order valence-corrected chi connectivity index (χ4v) is 5.41. The number of nitrogens with zero attached hydrogens (tertiary/aromatic N) is 3. The largest absolute Gasteiger partial charge is 0.336 e. The van der Waals surface area contributed by atoms with Gasteiger partial charge in [0, 0.05) is 37.8 Å². The molecule has 0 unspecified atom stereocenters. The maximum absolute atomic E-state index is 13.2. The molecule has 0 bridgehead atoms. The van der Waals surface area contributed by atoms with Crippen molar-refractivity contribution in [1.82, 2.24) is 9.21 Å². The summed E-state index contributed by atoms with van der Waals surface area (Å²) in [5.41, 5.74) is 0.589. The maximum Gasteiger partial charge on any atom is 0.289 e. The molecule has 1 saturated heterocycles. The molecular weight excluding hydrogens is 472 g/mol. The monoisotopic (exact) mass is 494 g/mol. The highest BCUT2D eigenvalue weighted by molar-refractivity contribution is 7.89. The maximum atomic E-state index is 13.2. The highest BCUT2D eigenvalue weighted by Gasteiger charge is 2.34. The molecule has 3 aromatic carbocycles. The second-order valence-corrected chi connectivity index (χ2v) is 9.69. The van der Waals surface area contributed by atoms with Crippen molar-refractivity contribution in [2.75, 3.05) is 31.5 Å². The van der Waals surface area contributed by atoms with Gasteiger partial charge in [-0.05, 0) is 30.3 Å². The first kappa shape index (κ1) is 24.0. The zero-order valence-electron chi connectivity index (χ0n) is 18.5. The summed E-state index contributed by atoms with van der Waals surface area (Å²) in [4.78, 5) is 37.5. The minimum absolute atomic E-state index is 0.0152. The zero-order valence-corrected chi connectivity index (χ0v) is 19.3. The predicted octanol–water partition coefficient (Wildman–Crippen LogP) is 2.99. The summed E-state index contributed by atoms with van der Waals surface area (Å²) in [7, 11) is -4.11. The molecule has 35 heavy (non-hydrogen) atoms. The van der Waals surface area contributed by atoms with E-state index in [9.17, 15) is 28.1 Å². The van der Waals surface area contributed by atoms with E-state index in [-0.39, 0.29) is 48.5 Å². The average Bonchev–Trinajstić information content (AvgIpc) is 2.89. The highest BCUT2D eigenvalue weighted by atomic mass is 32.2. The Kier molecular flexibility index (Phi) is 6.90. The summed E-state index contributed by atoms with van der Waals surface area (Å²) in [5.74, 6) is -0.706. The predicted molar refractivity (Wildman–Crippen MR) is 129 cm³/mol. The third-order valence-corrected chi connectivity index (χ3v) is 7.59. The molecule has 0 radical (unpaired) electrons. The van der Waals surface area contributed by atoms with E-state index >= 15 is 0 Å². The van der Waals surface area contributed by atoms with Crippen molar-refractivity contribution >= 4 is 33.2 Å². The lowest BCUT2D eigenvalue weighted by molar-refractivity contribution is -0.387. The quantitative estimate of drug-likeness (QED) is 0.414. The van der Waals surface area contributed by atoms with Crippen LogP contribution in [-0.2, 0) is 10.0 Å². The summed E-state index contributed by atoms with van der Waals surface area (Å²) >= 11 is 0. The molecule has 1 heterocycles. The lowest BCUT2D eigenvalue weighted by atomic mass is 10.1. The molecule has 0 spiro atoms. The van der Waals surface area contributed by atoms with Gasteiger partial charge in [0.25, 0.3) is 17.5 Å². The molecule has 2 amide bonds. The molecule has 180 valence electrons. The summed E-state index contributed by atoms with van der Waals surface area (Å²) in [6, 6.07) is 20.4. The smallest absolute Gasteiger partial charge is 0.289 e. The van der Waals surface area contributed by atoms with E-state index in [1.165, 1.54) is 23.1 Å². The summed E-state index contributed by atoms with van der Waals surface area (Å²) in [6.45, 7) is 0.163. The van der Waals surface area contributed by atoms with Gasteiger partial charge in [0.2, 0.25) is 10.0 Å².